The summed E-state index contributed by atoms with van der Waals surface area (Å²) < 4.78 is 21.2. The van der Waals surface area contributed by atoms with E-state index in [1.54, 1.807) is 63.3 Å². The number of esters is 4. The molecule has 4 aliphatic carbocycles. The first-order valence-corrected chi connectivity index (χ1v) is 20.5. The van der Waals surface area contributed by atoms with Gasteiger partial charge in [-0.3, -0.25) is 0 Å². The van der Waals surface area contributed by atoms with Crippen LogP contribution in [0.2, 0.25) is 0 Å². The van der Waals surface area contributed by atoms with Gasteiger partial charge in [0.05, 0.1) is 58.4 Å². The summed E-state index contributed by atoms with van der Waals surface area (Å²) in [5.41, 5.74) is 7.44. The van der Waals surface area contributed by atoms with Gasteiger partial charge < -0.3 is 18.9 Å². The highest BCUT2D eigenvalue weighted by Gasteiger charge is 2.27. The molecule has 0 bridgehead atoms. The Kier molecular flexibility index (Phi) is 15.1. The molecule has 0 saturated heterocycles. The molecule has 1 aromatic rings. The summed E-state index contributed by atoms with van der Waals surface area (Å²) in [4.78, 5) is 53.4. The van der Waals surface area contributed by atoms with E-state index in [0.29, 0.717) is 55.6 Å². The van der Waals surface area contributed by atoms with Crippen molar-refractivity contribution in [2.75, 3.05) is 26.4 Å². The van der Waals surface area contributed by atoms with Crippen molar-refractivity contribution in [3.8, 4) is 45.9 Å². The van der Waals surface area contributed by atoms with Crippen LogP contribution in [0.25, 0.3) is 22.3 Å². The van der Waals surface area contributed by atoms with Crippen LogP contribution in [-0.4, -0.2) is 50.3 Å². The molecule has 0 aromatic carbocycles. The summed E-state index contributed by atoms with van der Waals surface area (Å²) in [7, 11) is 0. The van der Waals surface area contributed by atoms with Crippen molar-refractivity contribution < 1.29 is 38.1 Å². The van der Waals surface area contributed by atoms with E-state index in [0.717, 1.165) is 48.3 Å². The Hall–Kier alpha value is -5.90. The average molecular weight is 785 g/mol. The number of carbonyl (C=O) groups is 4. The standard InChI is InChI=1S/C48H48O8S/c1-7-13-15-37-38(16-14-8-2)44(28-22-32-19-25-35-36(26-20-32)42(48(52)56-12-6)30-41(35)47(51)55-11-5)57-43(37)27-21-31-17-23-33-34(24-18-31)40(46(50)54-10-4)29-39(33)45(49)53-9-3/h17-20,23-26,29-30H,7-16H2,1-6H3. The van der Waals surface area contributed by atoms with E-state index < -0.39 is 23.9 Å². The second kappa shape index (κ2) is 20.3. The Balaban J connectivity index is 1.59. The minimum absolute atomic E-state index is 0.210. The fraction of sp³-hybridized carbons (Fsp3) is 0.333. The van der Waals surface area contributed by atoms with Gasteiger partial charge in [0.25, 0.3) is 0 Å². The summed E-state index contributed by atoms with van der Waals surface area (Å²) in [6.07, 6.45) is 5.84. The second-order valence-corrected chi connectivity index (χ2v) is 14.2. The third kappa shape index (κ3) is 9.92. The summed E-state index contributed by atoms with van der Waals surface area (Å²) >= 11 is 1.58. The third-order valence-electron chi connectivity index (χ3n) is 9.34. The van der Waals surface area contributed by atoms with Crippen LogP contribution in [0.1, 0.15) is 141 Å². The SMILES string of the molecule is CCCCc1c(C#Cc2ccc3c(C(=O)OCC)cc(C(=O)OCC)c-3cc2)sc(C#Cc2ccc3c(C(=O)OCC)cc(C(=O)OCC)c-3cc2)c1CCCC. The molecule has 0 amide bonds. The minimum atomic E-state index is -0.504. The lowest BCUT2D eigenvalue weighted by Crippen LogP contribution is -2.05. The van der Waals surface area contributed by atoms with E-state index >= 15 is 0 Å². The summed E-state index contributed by atoms with van der Waals surface area (Å²) in [6, 6.07) is 17.7. The van der Waals surface area contributed by atoms with E-state index in [4.69, 9.17) is 18.9 Å². The topological polar surface area (TPSA) is 105 Å². The largest absolute Gasteiger partial charge is 0.462 e. The lowest BCUT2D eigenvalue weighted by atomic mass is 9.98. The Morgan fingerprint density at radius 2 is 0.754 bits per heavy atom. The van der Waals surface area contributed by atoms with Crippen LogP contribution < -0.4 is 0 Å². The third-order valence-corrected chi connectivity index (χ3v) is 10.4. The molecule has 1 heterocycles. The molecule has 0 radical (unpaired) electrons. The highest BCUT2D eigenvalue weighted by atomic mass is 32.1. The van der Waals surface area contributed by atoms with Crippen molar-refractivity contribution in [1.82, 2.24) is 0 Å². The van der Waals surface area contributed by atoms with Gasteiger partial charge in [-0.1, -0.05) is 74.6 Å². The van der Waals surface area contributed by atoms with E-state index in [9.17, 15) is 19.2 Å². The number of thiophene rings is 1. The molecule has 0 fully saturated rings. The number of hydrogen-bond donors (Lipinski definition) is 0. The van der Waals surface area contributed by atoms with Gasteiger partial charge in [0.1, 0.15) is 0 Å². The van der Waals surface area contributed by atoms with Crippen LogP contribution in [0, 0.1) is 23.7 Å². The highest BCUT2D eigenvalue weighted by molar-refractivity contribution is 7.13. The van der Waals surface area contributed by atoms with E-state index in [1.807, 2.05) is 24.3 Å². The second-order valence-electron chi connectivity index (χ2n) is 13.1. The molecule has 1 aromatic heterocycles. The van der Waals surface area contributed by atoms with Crippen molar-refractivity contribution in [1.29, 1.82) is 0 Å². The van der Waals surface area contributed by atoms with E-state index in [1.165, 1.54) is 23.3 Å². The Morgan fingerprint density at radius 1 is 0.456 bits per heavy atom. The minimum Gasteiger partial charge on any atom is -0.462 e. The molecule has 0 spiro atoms. The van der Waals surface area contributed by atoms with Crippen molar-refractivity contribution in [2.24, 2.45) is 0 Å². The molecule has 0 N–H and O–H groups in total. The number of carbonyl (C=O) groups excluding carboxylic acids is 4. The van der Waals surface area contributed by atoms with Crippen molar-refractivity contribution >= 4 is 35.2 Å². The quantitative estimate of drug-likeness (QED) is 0.0623. The molecule has 0 unspecified atom stereocenters. The molecular weight excluding hydrogens is 737 g/mol. The molecule has 9 heteroatoms. The van der Waals surface area contributed by atoms with Gasteiger partial charge in [-0.05, 0) is 123 Å². The fourth-order valence-electron chi connectivity index (χ4n) is 6.57. The zero-order chi connectivity index (χ0) is 40.9. The molecule has 294 valence electrons. The van der Waals surface area contributed by atoms with Crippen molar-refractivity contribution in [2.45, 2.75) is 80.1 Å². The summed E-state index contributed by atoms with van der Waals surface area (Å²) in [6.45, 7) is 12.2. The predicted molar refractivity (Wildman–Crippen MR) is 223 cm³/mol. The first kappa shape index (κ1) is 42.2. The smallest absolute Gasteiger partial charge is 0.338 e. The highest BCUT2D eigenvalue weighted by Crippen LogP contribution is 2.36. The zero-order valence-electron chi connectivity index (χ0n) is 33.5. The summed E-state index contributed by atoms with van der Waals surface area (Å²) in [5, 5.41) is 0. The molecule has 0 atom stereocenters. The Bertz CT molecular complexity index is 2060. The molecule has 0 saturated carbocycles. The molecular formula is C48H48O8S. The Morgan fingerprint density at radius 3 is 1.02 bits per heavy atom. The lowest BCUT2D eigenvalue weighted by Gasteiger charge is -2.05. The zero-order valence-corrected chi connectivity index (χ0v) is 34.3. The number of rotatable bonds is 14. The maximum Gasteiger partial charge on any atom is 0.338 e. The molecule has 4 aliphatic rings. The maximum atomic E-state index is 12.9. The van der Waals surface area contributed by atoms with Crippen molar-refractivity contribution in [3.63, 3.8) is 0 Å². The maximum absolute atomic E-state index is 12.9. The predicted octanol–water partition coefficient (Wildman–Crippen LogP) is 10.1. The van der Waals surface area contributed by atoms with Crippen molar-refractivity contribution in [3.05, 3.63) is 115 Å². The number of ether oxygens (including phenoxy) is 4. The van der Waals surface area contributed by atoms with Gasteiger partial charge in [0.15, 0.2) is 0 Å². The van der Waals surface area contributed by atoms with Crippen LogP contribution in [0.3, 0.4) is 0 Å². The first-order chi connectivity index (χ1) is 27.7. The van der Waals surface area contributed by atoms with Gasteiger partial charge in [-0.25, -0.2) is 19.2 Å². The normalized spacial score (nSPS) is 10.6. The fourth-order valence-corrected chi connectivity index (χ4v) is 7.68. The van der Waals surface area contributed by atoms with E-state index in [-0.39, 0.29) is 26.4 Å². The van der Waals surface area contributed by atoms with Crippen LogP contribution in [0.4, 0.5) is 0 Å². The molecule has 57 heavy (non-hydrogen) atoms. The van der Waals surface area contributed by atoms with Crippen LogP contribution in [0.15, 0.2) is 60.7 Å². The number of unbranched alkanes of at least 4 members (excludes halogenated alkanes) is 2. The van der Waals surface area contributed by atoms with Gasteiger partial charge >= 0.3 is 23.9 Å². The number of hydrogen-bond acceptors (Lipinski definition) is 9. The van der Waals surface area contributed by atoms with Gasteiger partial charge in [-0.15, -0.1) is 11.3 Å². The van der Waals surface area contributed by atoms with Crippen LogP contribution in [-0.2, 0) is 31.8 Å². The van der Waals surface area contributed by atoms with Gasteiger partial charge in [0, 0.05) is 11.1 Å². The first-order valence-electron chi connectivity index (χ1n) is 19.7. The molecule has 0 aliphatic heterocycles. The lowest BCUT2D eigenvalue weighted by molar-refractivity contribution is 0.0511. The average Bonchev–Trinajstić information content (AvgIpc) is 3.75. The van der Waals surface area contributed by atoms with Crippen LogP contribution >= 0.6 is 11.3 Å². The van der Waals surface area contributed by atoms with E-state index in [2.05, 4.69) is 37.5 Å². The summed E-state index contributed by atoms with van der Waals surface area (Å²) in [5.74, 6) is 11.6. The van der Waals surface area contributed by atoms with Crippen LogP contribution in [0.5, 0.6) is 0 Å². The monoisotopic (exact) mass is 784 g/mol. The molecule has 5 rings (SSSR count). The number of fused-ring (bicyclic) bond motifs is 2. The van der Waals surface area contributed by atoms with Gasteiger partial charge in [-0.2, -0.15) is 0 Å². The van der Waals surface area contributed by atoms with Gasteiger partial charge in [0.2, 0.25) is 0 Å². The molecule has 8 nitrogen and oxygen atoms in total. The Labute approximate surface area is 339 Å².